The Balaban J connectivity index is 3.29. The third-order valence-electron chi connectivity index (χ3n) is 1.69. The first-order chi connectivity index (χ1) is 5.20. The molecule has 0 aromatic carbocycles. The first kappa shape index (κ1) is 10.7. The zero-order valence-electron chi connectivity index (χ0n) is 7.51. The van der Waals surface area contributed by atoms with Gasteiger partial charge in [0.25, 0.3) is 0 Å². The summed E-state index contributed by atoms with van der Waals surface area (Å²) in [6.07, 6.45) is 3.45. The molecule has 0 fully saturated rings. The summed E-state index contributed by atoms with van der Waals surface area (Å²) in [7, 11) is 0. The fraction of sp³-hybridized carbons (Fsp3) is 0.778. The summed E-state index contributed by atoms with van der Waals surface area (Å²) >= 11 is 0. The zero-order valence-corrected chi connectivity index (χ0v) is 7.51. The van der Waals surface area contributed by atoms with Crippen molar-refractivity contribution in [2.45, 2.75) is 38.8 Å². The zero-order chi connectivity index (χ0) is 8.69. The van der Waals surface area contributed by atoms with Gasteiger partial charge in [-0.2, -0.15) is 0 Å². The molecule has 0 aliphatic rings. The van der Waals surface area contributed by atoms with Crippen molar-refractivity contribution in [3.8, 4) is 0 Å². The fourth-order valence-corrected chi connectivity index (χ4v) is 0.815. The van der Waals surface area contributed by atoms with Gasteiger partial charge in [0.1, 0.15) is 0 Å². The van der Waals surface area contributed by atoms with Gasteiger partial charge < -0.3 is 10.4 Å². The molecule has 0 saturated carbocycles. The molecule has 2 N–H and O–H groups in total. The van der Waals surface area contributed by atoms with E-state index in [1.54, 1.807) is 0 Å². The summed E-state index contributed by atoms with van der Waals surface area (Å²) in [6, 6.07) is 0.425. The molecule has 0 heterocycles. The molecule has 0 aliphatic heterocycles. The van der Waals surface area contributed by atoms with E-state index in [0.29, 0.717) is 12.6 Å². The molecule has 2 nitrogen and oxygen atoms in total. The van der Waals surface area contributed by atoms with Gasteiger partial charge in [0, 0.05) is 12.6 Å². The quantitative estimate of drug-likeness (QED) is 0.570. The highest BCUT2D eigenvalue weighted by Gasteiger charge is 2.02. The maximum absolute atomic E-state index is 9.19. The van der Waals surface area contributed by atoms with Crippen LogP contribution in [0, 0.1) is 0 Å². The molecule has 2 heteroatoms. The van der Waals surface area contributed by atoms with E-state index in [1.807, 2.05) is 13.0 Å². The van der Waals surface area contributed by atoms with Gasteiger partial charge in [0.2, 0.25) is 0 Å². The van der Waals surface area contributed by atoms with Crippen LogP contribution < -0.4 is 5.32 Å². The largest absolute Gasteiger partial charge is 0.392 e. The first-order valence-electron chi connectivity index (χ1n) is 4.23. The lowest BCUT2D eigenvalue weighted by Gasteiger charge is -2.14. The third-order valence-corrected chi connectivity index (χ3v) is 1.69. The number of aliphatic hydroxyl groups is 1. The third kappa shape index (κ3) is 6.07. The summed E-state index contributed by atoms with van der Waals surface area (Å²) in [5.74, 6) is 0. The van der Waals surface area contributed by atoms with E-state index in [0.717, 1.165) is 12.8 Å². The molecular formula is C9H19NO. The Labute approximate surface area is 69.3 Å². The van der Waals surface area contributed by atoms with Gasteiger partial charge in [-0.3, -0.25) is 0 Å². The Morgan fingerprint density at radius 3 is 2.73 bits per heavy atom. The summed E-state index contributed by atoms with van der Waals surface area (Å²) in [6.45, 7) is 8.40. The van der Waals surface area contributed by atoms with Crippen LogP contribution in [0.1, 0.15) is 26.7 Å². The summed E-state index contributed by atoms with van der Waals surface area (Å²) in [4.78, 5) is 0. The molecule has 0 saturated heterocycles. The predicted molar refractivity (Wildman–Crippen MR) is 48.6 cm³/mol. The number of hydrogen-bond acceptors (Lipinski definition) is 2. The Hall–Kier alpha value is -0.340. The van der Waals surface area contributed by atoms with E-state index in [9.17, 15) is 5.11 Å². The van der Waals surface area contributed by atoms with Gasteiger partial charge in [-0.05, 0) is 19.8 Å². The van der Waals surface area contributed by atoms with Gasteiger partial charge in [-0.15, -0.1) is 6.58 Å². The normalized spacial score (nSPS) is 15.9. The number of hydrogen-bond donors (Lipinski definition) is 2. The van der Waals surface area contributed by atoms with Crippen LogP contribution in [-0.4, -0.2) is 23.8 Å². The van der Waals surface area contributed by atoms with E-state index in [2.05, 4.69) is 18.8 Å². The number of nitrogens with one attached hydrogen (secondary N) is 1. The highest BCUT2D eigenvalue weighted by atomic mass is 16.3. The van der Waals surface area contributed by atoms with Crippen molar-refractivity contribution < 1.29 is 5.11 Å². The van der Waals surface area contributed by atoms with Crippen molar-refractivity contribution in [2.75, 3.05) is 6.54 Å². The van der Waals surface area contributed by atoms with Crippen molar-refractivity contribution in [3.05, 3.63) is 12.7 Å². The minimum atomic E-state index is -0.206. The second-order valence-electron chi connectivity index (χ2n) is 2.90. The lowest BCUT2D eigenvalue weighted by atomic mass is 10.2. The van der Waals surface area contributed by atoms with Gasteiger partial charge in [-0.25, -0.2) is 0 Å². The fourth-order valence-electron chi connectivity index (χ4n) is 0.815. The average molecular weight is 157 g/mol. The summed E-state index contributed by atoms with van der Waals surface area (Å²) in [5, 5.41) is 12.4. The van der Waals surface area contributed by atoms with E-state index in [1.165, 1.54) is 0 Å². The SMILES string of the molecule is C=CCC(C)NCC(O)CC. The molecule has 0 aliphatic carbocycles. The van der Waals surface area contributed by atoms with Crippen LogP contribution >= 0.6 is 0 Å². The molecule has 0 amide bonds. The summed E-state index contributed by atoms with van der Waals surface area (Å²) < 4.78 is 0. The van der Waals surface area contributed by atoms with Crippen molar-refractivity contribution in [3.63, 3.8) is 0 Å². The standard InChI is InChI=1S/C9H19NO/c1-4-6-8(3)10-7-9(11)5-2/h4,8-11H,1,5-7H2,2-3H3. The van der Waals surface area contributed by atoms with Crippen LogP contribution in [0.3, 0.4) is 0 Å². The number of rotatable bonds is 6. The smallest absolute Gasteiger partial charge is 0.0662 e. The van der Waals surface area contributed by atoms with E-state index < -0.39 is 0 Å². The molecule has 0 spiro atoms. The second kappa shape index (κ2) is 6.38. The lowest BCUT2D eigenvalue weighted by Crippen LogP contribution is -2.33. The lowest BCUT2D eigenvalue weighted by molar-refractivity contribution is 0.164. The number of aliphatic hydroxyl groups excluding tert-OH is 1. The van der Waals surface area contributed by atoms with E-state index in [-0.39, 0.29) is 6.10 Å². The van der Waals surface area contributed by atoms with Crippen molar-refractivity contribution in [1.29, 1.82) is 0 Å². The second-order valence-corrected chi connectivity index (χ2v) is 2.90. The molecule has 0 bridgehead atoms. The van der Waals surface area contributed by atoms with Crippen molar-refractivity contribution in [1.82, 2.24) is 5.32 Å². The minimum absolute atomic E-state index is 0.206. The van der Waals surface area contributed by atoms with Gasteiger partial charge in [-0.1, -0.05) is 13.0 Å². The predicted octanol–water partition coefficient (Wildman–Crippen LogP) is 1.31. The Kier molecular flexibility index (Phi) is 6.18. The first-order valence-corrected chi connectivity index (χ1v) is 4.23. The Morgan fingerprint density at radius 1 is 1.64 bits per heavy atom. The summed E-state index contributed by atoms with van der Waals surface area (Å²) in [5.41, 5.74) is 0. The molecule has 0 aromatic rings. The van der Waals surface area contributed by atoms with Crippen LogP contribution in [-0.2, 0) is 0 Å². The monoisotopic (exact) mass is 157 g/mol. The van der Waals surface area contributed by atoms with E-state index >= 15 is 0 Å². The van der Waals surface area contributed by atoms with Crippen molar-refractivity contribution >= 4 is 0 Å². The van der Waals surface area contributed by atoms with E-state index in [4.69, 9.17) is 0 Å². The molecule has 2 unspecified atom stereocenters. The van der Waals surface area contributed by atoms with Crippen LogP contribution in [0.15, 0.2) is 12.7 Å². The van der Waals surface area contributed by atoms with Crippen molar-refractivity contribution in [2.24, 2.45) is 0 Å². The van der Waals surface area contributed by atoms with Crippen LogP contribution in [0.2, 0.25) is 0 Å². The van der Waals surface area contributed by atoms with Gasteiger partial charge >= 0.3 is 0 Å². The molecular weight excluding hydrogens is 138 g/mol. The topological polar surface area (TPSA) is 32.3 Å². The molecule has 66 valence electrons. The van der Waals surface area contributed by atoms with Crippen LogP contribution in [0.25, 0.3) is 0 Å². The molecule has 11 heavy (non-hydrogen) atoms. The molecule has 2 atom stereocenters. The average Bonchev–Trinajstić information content (AvgIpc) is 2.01. The van der Waals surface area contributed by atoms with Gasteiger partial charge in [0.15, 0.2) is 0 Å². The molecule has 0 radical (unpaired) electrons. The maximum Gasteiger partial charge on any atom is 0.0662 e. The maximum atomic E-state index is 9.19. The highest BCUT2D eigenvalue weighted by molar-refractivity contribution is 4.75. The Bertz CT molecular complexity index is 104. The highest BCUT2D eigenvalue weighted by Crippen LogP contribution is 1.92. The Morgan fingerprint density at radius 2 is 2.27 bits per heavy atom. The minimum Gasteiger partial charge on any atom is -0.392 e. The van der Waals surface area contributed by atoms with Crippen LogP contribution in [0.5, 0.6) is 0 Å². The van der Waals surface area contributed by atoms with Gasteiger partial charge in [0.05, 0.1) is 6.10 Å². The molecule has 0 aromatic heterocycles. The van der Waals surface area contributed by atoms with Crippen LogP contribution in [0.4, 0.5) is 0 Å². The molecule has 0 rings (SSSR count).